The highest BCUT2D eigenvalue weighted by atomic mass is 35.5. The Morgan fingerprint density at radius 3 is 2.48 bits per heavy atom. The zero-order valence-corrected chi connectivity index (χ0v) is 17.5. The Labute approximate surface area is 174 Å². The van der Waals surface area contributed by atoms with E-state index in [1.165, 1.54) is 6.92 Å². The second-order valence-electron chi connectivity index (χ2n) is 7.04. The van der Waals surface area contributed by atoms with Crippen LogP contribution in [0.15, 0.2) is 24.3 Å². The highest BCUT2D eigenvalue weighted by Crippen LogP contribution is 2.28. The summed E-state index contributed by atoms with van der Waals surface area (Å²) in [6.45, 7) is 4.71. The Bertz CT molecular complexity index is 792. The zero-order valence-electron chi connectivity index (χ0n) is 16.8. The molecular formula is C20H26ClN3O5. The molecule has 1 aromatic rings. The largest absolute Gasteiger partial charge is 0.451 e. The van der Waals surface area contributed by atoms with Crippen molar-refractivity contribution in [3.8, 4) is 0 Å². The fourth-order valence-electron chi connectivity index (χ4n) is 3.36. The van der Waals surface area contributed by atoms with E-state index in [-0.39, 0.29) is 0 Å². The van der Waals surface area contributed by atoms with Crippen LogP contribution in [-0.2, 0) is 19.1 Å². The van der Waals surface area contributed by atoms with Crippen molar-refractivity contribution in [2.75, 3.05) is 11.9 Å². The summed E-state index contributed by atoms with van der Waals surface area (Å²) >= 11 is 5.87. The summed E-state index contributed by atoms with van der Waals surface area (Å²) in [7, 11) is 0. The number of esters is 1. The summed E-state index contributed by atoms with van der Waals surface area (Å²) in [5, 5.41) is 5.76. The zero-order chi connectivity index (χ0) is 21.6. The molecule has 4 amide bonds. The minimum absolute atomic E-state index is 0.431. The normalized spacial score (nSPS) is 16.3. The molecule has 0 unspecified atom stereocenters. The number of amides is 4. The van der Waals surface area contributed by atoms with Gasteiger partial charge in [0.2, 0.25) is 0 Å². The topological polar surface area (TPSA) is 105 Å². The number of hydrogen-bond acceptors (Lipinski definition) is 5. The van der Waals surface area contributed by atoms with Crippen LogP contribution in [0.25, 0.3) is 0 Å². The van der Waals surface area contributed by atoms with Crippen molar-refractivity contribution >= 4 is 41.1 Å². The Kier molecular flexibility index (Phi) is 7.61. The van der Waals surface area contributed by atoms with Crippen LogP contribution >= 0.6 is 11.6 Å². The van der Waals surface area contributed by atoms with Gasteiger partial charge >= 0.3 is 12.0 Å². The third-order valence-corrected chi connectivity index (χ3v) is 4.89. The van der Waals surface area contributed by atoms with E-state index in [0.29, 0.717) is 36.4 Å². The van der Waals surface area contributed by atoms with Crippen LogP contribution in [-0.4, -0.2) is 46.9 Å². The van der Waals surface area contributed by atoms with E-state index in [1.54, 1.807) is 24.3 Å². The lowest BCUT2D eigenvalue weighted by molar-refractivity contribution is -0.155. The molecule has 0 spiro atoms. The molecule has 29 heavy (non-hydrogen) atoms. The van der Waals surface area contributed by atoms with Gasteiger partial charge < -0.3 is 15.4 Å². The van der Waals surface area contributed by atoms with Crippen LogP contribution in [0.1, 0.15) is 46.5 Å². The molecule has 2 N–H and O–H groups in total. The second kappa shape index (κ2) is 9.73. The highest BCUT2D eigenvalue weighted by Gasteiger charge is 2.50. The first-order valence-corrected chi connectivity index (χ1v) is 10.00. The minimum atomic E-state index is -1.11. The molecule has 1 saturated heterocycles. The first kappa shape index (κ1) is 22.7. The third-order valence-electron chi connectivity index (χ3n) is 4.66. The quantitative estimate of drug-likeness (QED) is 0.469. The predicted molar refractivity (Wildman–Crippen MR) is 108 cm³/mol. The molecule has 0 saturated carbocycles. The SMILES string of the molecule is CCCC1(CCC)NC(=O)N(CC(=O)O[C@@H](C)C(=O)Nc2cccc(Cl)c2)C1=O. The lowest BCUT2D eigenvalue weighted by atomic mass is 9.88. The first-order chi connectivity index (χ1) is 13.7. The molecule has 0 bridgehead atoms. The van der Waals surface area contributed by atoms with Gasteiger partial charge in [-0.15, -0.1) is 0 Å². The Balaban J connectivity index is 1.96. The van der Waals surface area contributed by atoms with Crippen LogP contribution in [0, 0.1) is 0 Å². The van der Waals surface area contributed by atoms with Crippen molar-refractivity contribution in [1.29, 1.82) is 0 Å². The molecule has 0 aliphatic carbocycles. The first-order valence-electron chi connectivity index (χ1n) is 9.62. The molecule has 0 radical (unpaired) electrons. The van der Waals surface area contributed by atoms with Gasteiger partial charge in [-0.25, -0.2) is 4.79 Å². The number of nitrogens with one attached hydrogen (secondary N) is 2. The maximum Gasteiger partial charge on any atom is 0.327 e. The van der Waals surface area contributed by atoms with Gasteiger partial charge in [0.15, 0.2) is 6.10 Å². The number of carbonyl (C=O) groups is 4. The van der Waals surface area contributed by atoms with Crippen molar-refractivity contribution in [3.63, 3.8) is 0 Å². The number of ether oxygens (including phenoxy) is 1. The highest BCUT2D eigenvalue weighted by molar-refractivity contribution is 6.30. The maximum atomic E-state index is 12.8. The molecule has 1 aliphatic heterocycles. The monoisotopic (exact) mass is 423 g/mol. The summed E-state index contributed by atoms with van der Waals surface area (Å²) in [4.78, 5) is 50.4. The van der Waals surface area contributed by atoms with Gasteiger partial charge in [0.1, 0.15) is 12.1 Å². The van der Waals surface area contributed by atoms with Crippen molar-refractivity contribution in [2.24, 2.45) is 0 Å². The molecule has 2 rings (SSSR count). The van der Waals surface area contributed by atoms with Crippen molar-refractivity contribution in [1.82, 2.24) is 10.2 Å². The number of anilines is 1. The van der Waals surface area contributed by atoms with Gasteiger partial charge in [0, 0.05) is 10.7 Å². The molecule has 1 heterocycles. The molecule has 158 valence electrons. The predicted octanol–water partition coefficient (Wildman–Crippen LogP) is 3.10. The standard InChI is InChI=1S/C20H26ClN3O5/c1-4-9-20(10-5-2)18(27)24(19(28)23-20)12-16(25)29-13(3)17(26)22-15-8-6-7-14(21)11-15/h6-8,11,13H,4-5,9-10,12H2,1-3H3,(H,22,26)(H,23,28)/t13-/m0/s1. The van der Waals surface area contributed by atoms with Crippen molar-refractivity contribution in [3.05, 3.63) is 29.3 Å². The molecule has 1 aromatic carbocycles. The summed E-state index contributed by atoms with van der Waals surface area (Å²) in [6, 6.07) is 5.92. The fourth-order valence-corrected chi connectivity index (χ4v) is 3.55. The van der Waals surface area contributed by atoms with E-state index in [1.807, 2.05) is 13.8 Å². The van der Waals surface area contributed by atoms with E-state index < -0.39 is 42.0 Å². The number of halogens is 1. The molecule has 1 fully saturated rings. The number of imide groups is 1. The molecule has 1 atom stereocenters. The van der Waals surface area contributed by atoms with E-state index in [9.17, 15) is 19.2 Å². The van der Waals surface area contributed by atoms with Gasteiger partial charge in [-0.1, -0.05) is 44.4 Å². The van der Waals surface area contributed by atoms with E-state index >= 15 is 0 Å². The molecule has 9 heteroatoms. The summed E-state index contributed by atoms with van der Waals surface area (Å²) < 4.78 is 5.10. The number of rotatable bonds is 9. The van der Waals surface area contributed by atoms with Crippen molar-refractivity contribution < 1.29 is 23.9 Å². The van der Waals surface area contributed by atoms with Gasteiger partial charge in [0.25, 0.3) is 11.8 Å². The molecule has 1 aliphatic rings. The van der Waals surface area contributed by atoms with Gasteiger partial charge in [-0.05, 0) is 38.0 Å². The smallest absolute Gasteiger partial charge is 0.327 e. The fraction of sp³-hybridized carbons (Fsp3) is 0.500. The Morgan fingerprint density at radius 2 is 1.90 bits per heavy atom. The van der Waals surface area contributed by atoms with Crippen LogP contribution in [0.2, 0.25) is 5.02 Å². The van der Waals surface area contributed by atoms with E-state index in [2.05, 4.69) is 10.6 Å². The lowest BCUT2D eigenvalue weighted by Crippen LogP contribution is -2.47. The number of carbonyl (C=O) groups excluding carboxylic acids is 4. The van der Waals surface area contributed by atoms with Crippen LogP contribution in [0.3, 0.4) is 0 Å². The summed E-state index contributed by atoms with van der Waals surface area (Å²) in [6.07, 6.45) is 1.30. The van der Waals surface area contributed by atoms with Crippen LogP contribution in [0.4, 0.5) is 10.5 Å². The third kappa shape index (κ3) is 5.47. The number of hydrogen-bond donors (Lipinski definition) is 2. The van der Waals surface area contributed by atoms with Gasteiger partial charge in [-0.2, -0.15) is 0 Å². The molecule has 0 aromatic heterocycles. The van der Waals surface area contributed by atoms with Gasteiger partial charge in [-0.3, -0.25) is 19.3 Å². The van der Waals surface area contributed by atoms with E-state index in [4.69, 9.17) is 16.3 Å². The lowest BCUT2D eigenvalue weighted by Gasteiger charge is -2.25. The maximum absolute atomic E-state index is 12.8. The van der Waals surface area contributed by atoms with Crippen LogP contribution < -0.4 is 10.6 Å². The molecule has 8 nitrogen and oxygen atoms in total. The summed E-state index contributed by atoms with van der Waals surface area (Å²) in [5.74, 6) is -1.82. The molecular weight excluding hydrogens is 398 g/mol. The van der Waals surface area contributed by atoms with Gasteiger partial charge in [0.05, 0.1) is 0 Å². The van der Waals surface area contributed by atoms with Crippen LogP contribution in [0.5, 0.6) is 0 Å². The van der Waals surface area contributed by atoms with Crippen molar-refractivity contribution in [2.45, 2.75) is 58.1 Å². The average molecular weight is 424 g/mol. The average Bonchev–Trinajstić information content (AvgIpc) is 2.86. The van der Waals surface area contributed by atoms with E-state index in [0.717, 1.165) is 4.90 Å². The number of urea groups is 1. The number of nitrogens with zero attached hydrogens (tertiary/aromatic N) is 1. The Hall–Kier alpha value is -2.61. The Morgan fingerprint density at radius 1 is 1.24 bits per heavy atom. The second-order valence-corrected chi connectivity index (χ2v) is 7.47. The minimum Gasteiger partial charge on any atom is -0.451 e. The number of benzene rings is 1. The summed E-state index contributed by atoms with van der Waals surface area (Å²) in [5.41, 5.74) is -0.514.